The molecule has 1 aromatic rings. The fraction of sp³-hybridized carbons (Fsp3) is 0.571. The molecule has 1 unspecified atom stereocenters. The van der Waals surface area contributed by atoms with Gasteiger partial charge in [0.15, 0.2) is 0 Å². The van der Waals surface area contributed by atoms with Crippen molar-refractivity contribution < 1.29 is 0 Å². The summed E-state index contributed by atoms with van der Waals surface area (Å²) in [6, 6.07) is 14.4. The second kappa shape index (κ2) is 5.21. The van der Waals surface area contributed by atoms with Crippen molar-refractivity contribution in [3.63, 3.8) is 0 Å². The summed E-state index contributed by atoms with van der Waals surface area (Å²) >= 11 is 2.75. The Kier molecular flexibility index (Phi) is 4.11. The number of benzene rings is 1. The molecule has 88 valence electrons. The van der Waals surface area contributed by atoms with Crippen LogP contribution in [0.2, 0.25) is 12.1 Å². The monoisotopic (exact) mass is 344 g/mol. The van der Waals surface area contributed by atoms with Crippen LogP contribution >= 0.6 is 22.6 Å². The summed E-state index contributed by atoms with van der Waals surface area (Å²) in [7, 11) is -1.10. The first-order valence-electron chi connectivity index (χ1n) is 6.35. The van der Waals surface area contributed by atoms with E-state index in [4.69, 9.17) is 0 Å². The van der Waals surface area contributed by atoms with Crippen LogP contribution in [0.3, 0.4) is 0 Å². The summed E-state index contributed by atoms with van der Waals surface area (Å²) in [6.45, 7) is 4.72. The van der Waals surface area contributed by atoms with E-state index in [-0.39, 0.29) is 0 Å². The van der Waals surface area contributed by atoms with E-state index in [0.717, 1.165) is 9.47 Å². The number of hydrogen-bond donors (Lipinski definition) is 0. The largest absolute Gasteiger partial charge is 0.0996 e. The summed E-state index contributed by atoms with van der Waals surface area (Å²) in [5.41, 5.74) is 0. The third-order valence-corrected chi connectivity index (χ3v) is 13.4. The number of rotatable bonds is 4. The normalized spacial score (nSPS) is 20.5. The molecule has 1 saturated heterocycles. The second-order valence-electron chi connectivity index (χ2n) is 5.47. The first kappa shape index (κ1) is 12.6. The van der Waals surface area contributed by atoms with E-state index >= 15 is 0 Å². The van der Waals surface area contributed by atoms with Crippen LogP contribution in [0.25, 0.3) is 0 Å². The van der Waals surface area contributed by atoms with Crippen molar-refractivity contribution in [3.8, 4) is 0 Å². The Bertz CT molecular complexity index is 330. The molecule has 1 aromatic carbocycles. The average Bonchev–Trinajstić information content (AvgIpc) is 2.16. The Hall–Kier alpha value is 0.167. The van der Waals surface area contributed by atoms with Crippen molar-refractivity contribution in [2.24, 2.45) is 5.92 Å². The minimum atomic E-state index is -1.10. The predicted octanol–water partition coefficient (Wildman–Crippen LogP) is 4.14. The molecule has 1 atom stereocenters. The molecule has 0 bridgehead atoms. The van der Waals surface area contributed by atoms with Crippen LogP contribution in [0.4, 0.5) is 0 Å². The molecular formula is C14H21ISi. The zero-order valence-electron chi connectivity index (χ0n) is 10.2. The molecule has 0 nitrogen and oxygen atoms in total. The molecule has 1 aliphatic rings. The Balaban J connectivity index is 2.20. The van der Waals surface area contributed by atoms with Gasteiger partial charge in [-0.25, -0.2) is 0 Å². The standard InChI is InChI=1S/C14H21ISi/c1-12(2)11-14(15)16(9-6-10-16)13-7-4-3-5-8-13/h3-5,7-8,12,14H,6,9-11H2,1-2H3. The molecule has 2 rings (SSSR count). The van der Waals surface area contributed by atoms with Gasteiger partial charge in [-0.1, -0.05) is 90.5 Å². The molecule has 16 heavy (non-hydrogen) atoms. The maximum atomic E-state index is 2.75. The molecule has 0 aliphatic carbocycles. The predicted molar refractivity (Wildman–Crippen MR) is 83.3 cm³/mol. The lowest BCUT2D eigenvalue weighted by atomic mass is 10.2. The van der Waals surface area contributed by atoms with Gasteiger partial charge in [-0.05, 0) is 12.3 Å². The van der Waals surface area contributed by atoms with Gasteiger partial charge < -0.3 is 0 Å². The van der Waals surface area contributed by atoms with Crippen molar-refractivity contribution in [2.45, 2.75) is 42.3 Å². The fourth-order valence-corrected chi connectivity index (χ4v) is 11.2. The Morgan fingerprint density at radius 1 is 1.19 bits per heavy atom. The summed E-state index contributed by atoms with van der Waals surface area (Å²) in [4.78, 5) is 0. The molecule has 0 spiro atoms. The van der Waals surface area contributed by atoms with E-state index in [9.17, 15) is 0 Å². The molecule has 1 heterocycles. The fourth-order valence-electron chi connectivity index (χ4n) is 2.75. The van der Waals surface area contributed by atoms with Crippen LogP contribution in [0.1, 0.15) is 26.7 Å². The minimum absolute atomic E-state index is 0.843. The molecule has 0 saturated carbocycles. The first-order chi connectivity index (χ1) is 7.65. The lowest BCUT2D eigenvalue weighted by molar-refractivity contribution is 0.611. The van der Waals surface area contributed by atoms with Gasteiger partial charge in [-0.2, -0.15) is 0 Å². The van der Waals surface area contributed by atoms with Crippen LogP contribution in [0.5, 0.6) is 0 Å². The van der Waals surface area contributed by atoms with Crippen LogP contribution in [0, 0.1) is 5.92 Å². The summed E-state index contributed by atoms with van der Waals surface area (Å²) < 4.78 is 0.932. The van der Waals surface area contributed by atoms with Gasteiger partial charge in [0.25, 0.3) is 0 Å². The molecule has 0 amide bonds. The van der Waals surface area contributed by atoms with Gasteiger partial charge in [0.1, 0.15) is 0 Å². The summed E-state index contributed by atoms with van der Waals surface area (Å²) in [6.07, 6.45) is 2.88. The van der Waals surface area contributed by atoms with E-state index in [1.165, 1.54) is 24.9 Å². The summed E-state index contributed by atoms with van der Waals surface area (Å²) in [5.74, 6) is 0.843. The number of hydrogen-bond acceptors (Lipinski definition) is 0. The van der Waals surface area contributed by atoms with Crippen molar-refractivity contribution in [3.05, 3.63) is 30.3 Å². The van der Waals surface area contributed by atoms with Crippen LogP contribution < -0.4 is 5.19 Å². The van der Waals surface area contributed by atoms with E-state index < -0.39 is 8.07 Å². The first-order valence-corrected chi connectivity index (χ1v) is 10.1. The third-order valence-electron chi connectivity index (χ3n) is 3.87. The zero-order valence-corrected chi connectivity index (χ0v) is 13.4. The van der Waals surface area contributed by atoms with E-state index in [2.05, 4.69) is 66.8 Å². The van der Waals surface area contributed by atoms with Crippen LogP contribution in [-0.2, 0) is 0 Å². The van der Waals surface area contributed by atoms with E-state index in [0.29, 0.717) is 0 Å². The van der Waals surface area contributed by atoms with Gasteiger partial charge >= 0.3 is 0 Å². The van der Waals surface area contributed by atoms with Crippen LogP contribution in [0.15, 0.2) is 30.3 Å². The number of alkyl halides is 1. The Morgan fingerprint density at radius 3 is 2.25 bits per heavy atom. The Morgan fingerprint density at radius 2 is 1.81 bits per heavy atom. The molecule has 1 aliphatic heterocycles. The molecule has 2 heteroatoms. The van der Waals surface area contributed by atoms with Gasteiger partial charge in [-0.15, -0.1) is 0 Å². The topological polar surface area (TPSA) is 0 Å². The molecule has 0 radical (unpaired) electrons. The second-order valence-corrected chi connectivity index (χ2v) is 12.7. The quantitative estimate of drug-likeness (QED) is 0.438. The van der Waals surface area contributed by atoms with Crippen molar-refractivity contribution >= 4 is 35.9 Å². The van der Waals surface area contributed by atoms with Gasteiger partial charge in [-0.3, -0.25) is 0 Å². The SMILES string of the molecule is CC(C)CC(I)[Si]1(c2ccccc2)CCC1. The van der Waals surface area contributed by atoms with E-state index in [1.54, 1.807) is 5.19 Å². The van der Waals surface area contributed by atoms with Crippen LogP contribution in [-0.4, -0.2) is 11.6 Å². The van der Waals surface area contributed by atoms with Crippen molar-refractivity contribution in [1.29, 1.82) is 0 Å². The lowest BCUT2D eigenvalue weighted by Crippen LogP contribution is -2.60. The molecule has 1 fully saturated rings. The van der Waals surface area contributed by atoms with Gasteiger partial charge in [0, 0.05) is 3.55 Å². The summed E-state index contributed by atoms with van der Waals surface area (Å²) in [5, 5.41) is 1.71. The Labute approximate surface area is 114 Å². The highest BCUT2D eigenvalue weighted by Crippen LogP contribution is 2.40. The molecule has 0 aromatic heterocycles. The maximum Gasteiger partial charge on any atom is 0.0996 e. The van der Waals surface area contributed by atoms with Crippen molar-refractivity contribution in [2.75, 3.05) is 0 Å². The average molecular weight is 344 g/mol. The lowest BCUT2D eigenvalue weighted by Gasteiger charge is -2.44. The van der Waals surface area contributed by atoms with Gasteiger partial charge in [0.05, 0.1) is 8.07 Å². The highest BCUT2D eigenvalue weighted by Gasteiger charge is 2.46. The third kappa shape index (κ3) is 2.37. The highest BCUT2D eigenvalue weighted by molar-refractivity contribution is 14.1. The maximum absolute atomic E-state index is 2.75. The molecule has 0 N–H and O–H groups in total. The zero-order chi connectivity index (χ0) is 11.6. The van der Waals surface area contributed by atoms with Crippen molar-refractivity contribution in [1.82, 2.24) is 0 Å². The van der Waals surface area contributed by atoms with Gasteiger partial charge in [0.2, 0.25) is 0 Å². The van der Waals surface area contributed by atoms with E-state index in [1.807, 2.05) is 0 Å². The smallest absolute Gasteiger partial charge is 0.0856 e. The number of halogens is 1. The molecular weight excluding hydrogens is 323 g/mol. The minimum Gasteiger partial charge on any atom is -0.0856 e. The highest BCUT2D eigenvalue weighted by atomic mass is 127.